The van der Waals surface area contributed by atoms with Crippen molar-refractivity contribution in [2.75, 3.05) is 32.4 Å². The van der Waals surface area contributed by atoms with Gasteiger partial charge in [0.25, 0.3) is 0 Å². The summed E-state index contributed by atoms with van der Waals surface area (Å²) < 4.78 is 16.2. The van der Waals surface area contributed by atoms with Crippen LogP contribution in [0.1, 0.15) is 11.1 Å². The fourth-order valence-corrected chi connectivity index (χ4v) is 5.26. The number of nitrogens with zero attached hydrogens (tertiary/aromatic N) is 2. The fourth-order valence-electron chi connectivity index (χ4n) is 3.43. The molecule has 0 aliphatic carbocycles. The van der Waals surface area contributed by atoms with Gasteiger partial charge in [-0.25, -0.2) is 9.97 Å². The van der Waals surface area contributed by atoms with Gasteiger partial charge in [0.15, 0.2) is 16.6 Å². The van der Waals surface area contributed by atoms with Crippen molar-refractivity contribution in [2.24, 2.45) is 0 Å². The van der Waals surface area contributed by atoms with Crippen LogP contribution in [0, 0.1) is 13.8 Å². The van der Waals surface area contributed by atoms with Crippen LogP contribution in [0.3, 0.4) is 0 Å². The Kier molecular flexibility index (Phi) is 6.30. The van der Waals surface area contributed by atoms with Crippen LogP contribution >= 0.6 is 22.7 Å². The number of nitrogens with two attached hydrogens (primary N) is 1. The summed E-state index contributed by atoms with van der Waals surface area (Å²) in [6, 6.07) is 7.45. The number of aromatic nitrogens is 2. The maximum absolute atomic E-state index is 10.0. The number of hydrogen-bond acceptors (Lipinski definition) is 10. The molecule has 0 saturated carbocycles. The van der Waals surface area contributed by atoms with Crippen LogP contribution in [0.25, 0.3) is 21.1 Å². The van der Waals surface area contributed by atoms with Crippen LogP contribution in [-0.4, -0.2) is 36.4 Å². The third-order valence-electron chi connectivity index (χ3n) is 5.05. The summed E-state index contributed by atoms with van der Waals surface area (Å²) in [6.07, 6.45) is 0. The van der Waals surface area contributed by atoms with E-state index in [1.165, 1.54) is 22.7 Å². The molecular weight excluding hydrogens is 460 g/mol. The summed E-state index contributed by atoms with van der Waals surface area (Å²) in [5.41, 5.74) is 10.3. The molecule has 2 aromatic carbocycles. The minimum Gasteiger partial charge on any atom is -0.507 e. The predicted molar refractivity (Wildman–Crippen MR) is 134 cm³/mol. The highest BCUT2D eigenvalue weighted by Crippen LogP contribution is 2.43. The highest BCUT2D eigenvalue weighted by Gasteiger charge is 2.18. The van der Waals surface area contributed by atoms with Crippen molar-refractivity contribution in [1.29, 1.82) is 0 Å². The molecule has 10 heteroatoms. The van der Waals surface area contributed by atoms with Crippen molar-refractivity contribution in [3.8, 4) is 44.1 Å². The van der Waals surface area contributed by atoms with E-state index in [-0.39, 0.29) is 0 Å². The van der Waals surface area contributed by atoms with Gasteiger partial charge in [0.1, 0.15) is 21.5 Å². The van der Waals surface area contributed by atoms with E-state index in [4.69, 9.17) is 24.9 Å². The number of methoxy groups -OCH3 is 3. The number of ether oxygens (including phenoxy) is 3. The largest absolute Gasteiger partial charge is 0.507 e. The molecule has 0 saturated heterocycles. The molecular formula is C23H24N4O4S2. The molecule has 0 aliphatic rings. The zero-order valence-electron chi connectivity index (χ0n) is 18.8. The van der Waals surface area contributed by atoms with Gasteiger partial charge in [-0.15, -0.1) is 11.3 Å². The molecule has 2 aromatic heterocycles. The van der Waals surface area contributed by atoms with Crippen LogP contribution in [0.15, 0.2) is 29.6 Å². The van der Waals surface area contributed by atoms with Crippen LogP contribution in [0.2, 0.25) is 0 Å². The number of nitrogen functional groups attached to an aromatic ring is 1. The second-order valence-electron chi connectivity index (χ2n) is 7.27. The molecule has 172 valence electrons. The molecule has 2 heterocycles. The third kappa shape index (κ3) is 4.39. The summed E-state index contributed by atoms with van der Waals surface area (Å²) >= 11 is 2.91. The summed E-state index contributed by atoms with van der Waals surface area (Å²) in [5.74, 6) is 2.29. The van der Waals surface area contributed by atoms with E-state index in [1.807, 2.05) is 31.4 Å². The van der Waals surface area contributed by atoms with E-state index in [0.29, 0.717) is 33.9 Å². The standard InChI is InChI=1S/C23H24N4O4S2/c1-11-6-13(7-12(2)18(11)28)15-10-32-22(26-15)20-21(24)27-23(33-20)25-14-8-16(29-3)19(31-5)17(9-14)30-4/h6-10,28H,24H2,1-5H3,(H,25,27). The van der Waals surface area contributed by atoms with E-state index in [0.717, 1.165) is 38.0 Å². The van der Waals surface area contributed by atoms with Crippen molar-refractivity contribution >= 4 is 39.3 Å². The third-order valence-corrected chi connectivity index (χ3v) is 7.04. The minimum absolute atomic E-state index is 0.309. The van der Waals surface area contributed by atoms with Crippen LogP contribution in [-0.2, 0) is 0 Å². The van der Waals surface area contributed by atoms with Gasteiger partial charge in [-0.2, -0.15) is 0 Å². The molecule has 4 N–H and O–H groups in total. The van der Waals surface area contributed by atoms with Crippen molar-refractivity contribution in [3.05, 3.63) is 40.8 Å². The summed E-state index contributed by atoms with van der Waals surface area (Å²) in [4.78, 5) is 10.0. The van der Waals surface area contributed by atoms with Crippen LogP contribution in [0.5, 0.6) is 23.0 Å². The molecule has 33 heavy (non-hydrogen) atoms. The number of aromatic hydroxyl groups is 1. The first-order valence-electron chi connectivity index (χ1n) is 9.94. The Morgan fingerprint density at radius 2 is 1.58 bits per heavy atom. The molecule has 0 spiro atoms. The minimum atomic E-state index is 0.309. The Bertz CT molecular complexity index is 1270. The van der Waals surface area contributed by atoms with Gasteiger partial charge >= 0.3 is 0 Å². The van der Waals surface area contributed by atoms with E-state index in [1.54, 1.807) is 33.5 Å². The molecule has 0 bridgehead atoms. The topological polar surface area (TPSA) is 112 Å². The number of phenolic OH excluding ortho intramolecular Hbond substituents is 1. The molecule has 4 rings (SSSR count). The first kappa shape index (κ1) is 22.7. The molecule has 0 fully saturated rings. The molecule has 8 nitrogen and oxygen atoms in total. The van der Waals surface area contributed by atoms with Crippen molar-refractivity contribution < 1.29 is 19.3 Å². The summed E-state index contributed by atoms with van der Waals surface area (Å²) in [5, 5.41) is 16.7. The number of nitrogens with one attached hydrogen (secondary N) is 1. The first-order chi connectivity index (χ1) is 15.8. The Morgan fingerprint density at radius 1 is 0.939 bits per heavy atom. The molecule has 0 amide bonds. The van der Waals surface area contributed by atoms with Crippen LogP contribution in [0.4, 0.5) is 16.6 Å². The lowest BCUT2D eigenvalue weighted by Crippen LogP contribution is -1.97. The highest BCUT2D eigenvalue weighted by molar-refractivity contribution is 7.23. The second-order valence-corrected chi connectivity index (χ2v) is 9.13. The maximum Gasteiger partial charge on any atom is 0.203 e. The molecule has 4 aromatic rings. The summed E-state index contributed by atoms with van der Waals surface area (Å²) in [7, 11) is 4.69. The number of hydrogen-bond donors (Lipinski definition) is 3. The highest BCUT2D eigenvalue weighted by atomic mass is 32.1. The van der Waals surface area contributed by atoms with Gasteiger partial charge in [-0.3, -0.25) is 0 Å². The van der Waals surface area contributed by atoms with Crippen molar-refractivity contribution in [3.63, 3.8) is 0 Å². The van der Waals surface area contributed by atoms with Gasteiger partial charge < -0.3 is 30.4 Å². The monoisotopic (exact) mass is 484 g/mol. The average Bonchev–Trinajstić information content (AvgIpc) is 3.42. The quantitative estimate of drug-likeness (QED) is 0.310. The summed E-state index contributed by atoms with van der Waals surface area (Å²) in [6.45, 7) is 3.75. The Hall–Kier alpha value is -3.50. The first-order valence-corrected chi connectivity index (χ1v) is 11.6. The SMILES string of the molecule is COc1cc(Nc2nc(N)c(-c3nc(-c4cc(C)c(O)c(C)c4)cs3)s2)cc(OC)c1OC. The average molecular weight is 485 g/mol. The van der Waals surface area contributed by atoms with E-state index < -0.39 is 0 Å². The second kappa shape index (κ2) is 9.16. The number of thiazole rings is 2. The van der Waals surface area contributed by atoms with Gasteiger partial charge in [0, 0.05) is 28.8 Å². The van der Waals surface area contributed by atoms with E-state index in [9.17, 15) is 5.11 Å². The Labute approximate surface area is 199 Å². The van der Waals surface area contributed by atoms with Gasteiger partial charge in [-0.1, -0.05) is 11.3 Å². The predicted octanol–water partition coefficient (Wildman–Crippen LogP) is 5.61. The Balaban J connectivity index is 1.63. The van der Waals surface area contributed by atoms with Gasteiger partial charge in [0.05, 0.1) is 27.0 Å². The fraction of sp³-hybridized carbons (Fsp3) is 0.217. The lowest BCUT2D eigenvalue weighted by atomic mass is 10.0. The normalized spacial score (nSPS) is 10.8. The van der Waals surface area contributed by atoms with E-state index in [2.05, 4.69) is 10.3 Å². The number of benzene rings is 2. The number of anilines is 3. The zero-order valence-corrected chi connectivity index (χ0v) is 20.5. The van der Waals surface area contributed by atoms with Gasteiger partial charge in [0.2, 0.25) is 5.75 Å². The van der Waals surface area contributed by atoms with Crippen molar-refractivity contribution in [2.45, 2.75) is 13.8 Å². The number of rotatable bonds is 7. The van der Waals surface area contributed by atoms with E-state index >= 15 is 0 Å². The lowest BCUT2D eigenvalue weighted by Gasteiger charge is -2.14. The molecule has 0 aliphatic heterocycles. The number of phenols is 1. The maximum atomic E-state index is 10.0. The molecule has 0 radical (unpaired) electrons. The zero-order chi connectivity index (χ0) is 23.7. The smallest absolute Gasteiger partial charge is 0.203 e. The molecule has 0 atom stereocenters. The Morgan fingerprint density at radius 3 is 2.15 bits per heavy atom. The number of aryl methyl sites for hydroxylation is 2. The molecule has 0 unspecified atom stereocenters. The lowest BCUT2D eigenvalue weighted by molar-refractivity contribution is 0.324. The van der Waals surface area contributed by atoms with Crippen LogP contribution < -0.4 is 25.3 Å². The van der Waals surface area contributed by atoms with Crippen molar-refractivity contribution in [1.82, 2.24) is 9.97 Å². The van der Waals surface area contributed by atoms with Gasteiger partial charge in [-0.05, 0) is 37.1 Å².